The fraction of sp³-hybridized carbons (Fsp3) is 0.444. The maximum absolute atomic E-state index is 10.8. The van der Waals surface area contributed by atoms with Crippen molar-refractivity contribution in [2.45, 2.75) is 24.3 Å². The molecule has 0 saturated carbocycles. The Kier molecular flexibility index (Phi) is 2.41. The molecule has 1 atom stereocenters. The number of aryl methyl sites for hydroxylation is 1. The highest BCUT2D eigenvalue weighted by Crippen LogP contribution is 2.28. The summed E-state index contributed by atoms with van der Waals surface area (Å²) in [5, 5.41) is 8.52. The normalized spacial score (nSPS) is 20.2. The summed E-state index contributed by atoms with van der Waals surface area (Å²) in [5.74, 6) is 0.676. The number of hydrogen-bond acceptors (Lipinski definition) is 4. The summed E-state index contributed by atoms with van der Waals surface area (Å²) in [4.78, 5) is 19.1. The minimum atomic E-state index is -0.749. The largest absolute Gasteiger partial charge is 0.480 e. The molecule has 0 spiro atoms. The molecule has 0 aromatic carbocycles. The standard InChI is InChI=1S/C9H10N2O2S/c1-5-10-3-6-2-8(9(12)13)14-4-7(6)11-5/h3,8H,2,4H2,1H3,(H,12,13)/t8-/m1/s1. The molecule has 1 N–H and O–H groups in total. The Morgan fingerprint density at radius 2 is 2.50 bits per heavy atom. The molecule has 5 heteroatoms. The van der Waals surface area contributed by atoms with Crippen LogP contribution < -0.4 is 0 Å². The molecule has 0 fully saturated rings. The second-order valence-electron chi connectivity index (χ2n) is 3.23. The number of carbonyl (C=O) groups is 1. The number of thioether (sulfide) groups is 1. The fourth-order valence-electron chi connectivity index (χ4n) is 1.43. The lowest BCUT2D eigenvalue weighted by Gasteiger charge is -2.19. The summed E-state index contributed by atoms with van der Waals surface area (Å²) in [6.45, 7) is 1.84. The molecule has 74 valence electrons. The van der Waals surface area contributed by atoms with Crippen molar-refractivity contribution in [3.63, 3.8) is 0 Å². The Bertz CT molecular complexity index is 381. The van der Waals surface area contributed by atoms with E-state index >= 15 is 0 Å². The molecule has 4 nitrogen and oxygen atoms in total. The molecular weight excluding hydrogens is 200 g/mol. The summed E-state index contributed by atoms with van der Waals surface area (Å²) in [6, 6.07) is 0. The van der Waals surface area contributed by atoms with Gasteiger partial charge in [0.15, 0.2) is 0 Å². The van der Waals surface area contributed by atoms with E-state index in [-0.39, 0.29) is 5.25 Å². The van der Waals surface area contributed by atoms with Crippen molar-refractivity contribution in [1.82, 2.24) is 9.97 Å². The Morgan fingerprint density at radius 1 is 1.71 bits per heavy atom. The zero-order chi connectivity index (χ0) is 10.1. The number of fused-ring (bicyclic) bond motifs is 1. The Hall–Kier alpha value is -1.10. The number of hydrogen-bond donors (Lipinski definition) is 1. The van der Waals surface area contributed by atoms with Crippen LogP contribution in [-0.4, -0.2) is 26.3 Å². The third-order valence-corrected chi connectivity index (χ3v) is 3.39. The first-order valence-electron chi connectivity index (χ1n) is 4.32. The number of aromatic nitrogens is 2. The predicted molar refractivity (Wildman–Crippen MR) is 53.2 cm³/mol. The molecule has 0 bridgehead atoms. The van der Waals surface area contributed by atoms with Crippen molar-refractivity contribution < 1.29 is 9.90 Å². The van der Waals surface area contributed by atoms with E-state index in [1.54, 1.807) is 6.20 Å². The third-order valence-electron chi connectivity index (χ3n) is 2.18. The fourth-order valence-corrected chi connectivity index (χ4v) is 2.48. The Morgan fingerprint density at radius 3 is 3.21 bits per heavy atom. The number of nitrogens with zero attached hydrogens (tertiary/aromatic N) is 2. The van der Waals surface area contributed by atoms with Gasteiger partial charge in [-0.1, -0.05) is 0 Å². The van der Waals surface area contributed by atoms with E-state index in [4.69, 9.17) is 5.11 Å². The quantitative estimate of drug-likeness (QED) is 0.750. The number of carboxylic acid groups (broad SMARTS) is 1. The summed E-state index contributed by atoms with van der Waals surface area (Å²) < 4.78 is 0. The van der Waals surface area contributed by atoms with Crippen molar-refractivity contribution in [1.29, 1.82) is 0 Å². The number of rotatable bonds is 1. The maximum atomic E-state index is 10.8. The highest BCUT2D eigenvalue weighted by Gasteiger charge is 2.25. The molecule has 0 amide bonds. The van der Waals surface area contributed by atoms with Gasteiger partial charge in [0.2, 0.25) is 0 Å². The van der Waals surface area contributed by atoms with E-state index < -0.39 is 5.97 Å². The van der Waals surface area contributed by atoms with Crippen molar-refractivity contribution in [2.24, 2.45) is 0 Å². The molecule has 2 rings (SSSR count). The smallest absolute Gasteiger partial charge is 0.316 e. The van der Waals surface area contributed by atoms with Gasteiger partial charge in [-0.3, -0.25) is 4.79 Å². The molecule has 0 radical (unpaired) electrons. The topological polar surface area (TPSA) is 63.1 Å². The highest BCUT2D eigenvalue weighted by molar-refractivity contribution is 7.99. The molecule has 1 aliphatic rings. The van der Waals surface area contributed by atoms with Crippen LogP contribution in [0.15, 0.2) is 6.20 Å². The van der Waals surface area contributed by atoms with E-state index in [2.05, 4.69) is 9.97 Å². The molecule has 14 heavy (non-hydrogen) atoms. The first-order chi connectivity index (χ1) is 6.66. The maximum Gasteiger partial charge on any atom is 0.316 e. The molecule has 1 aliphatic heterocycles. The Labute approximate surface area is 85.8 Å². The minimum absolute atomic E-state index is 0.339. The van der Waals surface area contributed by atoms with Crippen molar-refractivity contribution in [3.05, 3.63) is 23.3 Å². The van der Waals surface area contributed by atoms with Gasteiger partial charge in [-0.2, -0.15) is 0 Å². The van der Waals surface area contributed by atoms with Crippen LogP contribution in [0.5, 0.6) is 0 Å². The van der Waals surface area contributed by atoms with E-state index in [9.17, 15) is 4.79 Å². The van der Waals surface area contributed by atoms with Gasteiger partial charge in [0, 0.05) is 11.9 Å². The van der Waals surface area contributed by atoms with Crippen LogP contribution in [0.4, 0.5) is 0 Å². The van der Waals surface area contributed by atoms with E-state index in [1.807, 2.05) is 6.92 Å². The van der Waals surface area contributed by atoms with Crippen LogP contribution in [0.25, 0.3) is 0 Å². The third kappa shape index (κ3) is 1.72. The average molecular weight is 210 g/mol. The second-order valence-corrected chi connectivity index (χ2v) is 4.42. The van der Waals surface area contributed by atoms with Crippen molar-refractivity contribution >= 4 is 17.7 Å². The van der Waals surface area contributed by atoms with Crippen LogP contribution in [0.3, 0.4) is 0 Å². The lowest BCUT2D eigenvalue weighted by atomic mass is 10.1. The highest BCUT2D eigenvalue weighted by atomic mass is 32.2. The van der Waals surface area contributed by atoms with Gasteiger partial charge in [-0.05, 0) is 18.9 Å². The van der Waals surface area contributed by atoms with Crippen LogP contribution in [0.2, 0.25) is 0 Å². The summed E-state index contributed by atoms with van der Waals surface area (Å²) in [6.07, 6.45) is 2.28. The van der Waals surface area contributed by atoms with Gasteiger partial charge in [0.05, 0.1) is 5.69 Å². The molecule has 0 aliphatic carbocycles. The lowest BCUT2D eigenvalue weighted by molar-refractivity contribution is -0.136. The first-order valence-corrected chi connectivity index (χ1v) is 5.37. The van der Waals surface area contributed by atoms with Gasteiger partial charge in [-0.25, -0.2) is 9.97 Å². The van der Waals surface area contributed by atoms with Crippen LogP contribution in [0.1, 0.15) is 17.1 Å². The average Bonchev–Trinajstić information content (AvgIpc) is 2.16. The van der Waals surface area contributed by atoms with Crippen molar-refractivity contribution in [2.75, 3.05) is 0 Å². The van der Waals surface area contributed by atoms with Gasteiger partial charge in [0.1, 0.15) is 11.1 Å². The zero-order valence-electron chi connectivity index (χ0n) is 7.73. The zero-order valence-corrected chi connectivity index (χ0v) is 8.54. The number of carboxylic acids is 1. The predicted octanol–water partition coefficient (Wildman–Crippen LogP) is 1.03. The molecule has 1 aromatic rings. The SMILES string of the molecule is Cc1ncc2c(n1)CS[C@@H](C(=O)O)C2. The molecule has 1 aromatic heterocycles. The van der Waals surface area contributed by atoms with E-state index in [0.29, 0.717) is 12.2 Å². The second kappa shape index (κ2) is 3.57. The monoisotopic (exact) mass is 210 g/mol. The van der Waals surface area contributed by atoms with Crippen LogP contribution in [0, 0.1) is 6.92 Å². The van der Waals surface area contributed by atoms with E-state index in [0.717, 1.165) is 17.1 Å². The molecule has 0 unspecified atom stereocenters. The summed E-state index contributed by atoms with van der Waals surface area (Å²) >= 11 is 1.43. The molecular formula is C9H10N2O2S. The van der Waals surface area contributed by atoms with Crippen molar-refractivity contribution in [3.8, 4) is 0 Å². The van der Waals surface area contributed by atoms with Gasteiger partial charge in [-0.15, -0.1) is 11.8 Å². The first kappa shape index (κ1) is 9.45. The van der Waals surface area contributed by atoms with Crippen LogP contribution in [-0.2, 0) is 17.0 Å². The summed E-state index contributed by atoms with van der Waals surface area (Å²) in [7, 11) is 0. The Balaban J connectivity index is 2.27. The molecule has 2 heterocycles. The van der Waals surface area contributed by atoms with Gasteiger partial charge < -0.3 is 5.11 Å². The van der Waals surface area contributed by atoms with E-state index in [1.165, 1.54) is 11.8 Å². The number of aliphatic carboxylic acids is 1. The van der Waals surface area contributed by atoms with Gasteiger partial charge in [0.25, 0.3) is 0 Å². The lowest BCUT2D eigenvalue weighted by Crippen LogP contribution is -2.24. The minimum Gasteiger partial charge on any atom is -0.480 e. The van der Waals surface area contributed by atoms with Gasteiger partial charge >= 0.3 is 5.97 Å². The summed E-state index contributed by atoms with van der Waals surface area (Å²) in [5.41, 5.74) is 1.96. The van der Waals surface area contributed by atoms with Crippen LogP contribution >= 0.6 is 11.8 Å². The molecule has 0 saturated heterocycles.